The lowest BCUT2D eigenvalue weighted by Gasteiger charge is -2.39. The number of nitrogens with one attached hydrogen (secondary N) is 1. The number of halogens is 1. The maximum Gasteiger partial charge on any atom is 0.341 e. The molecule has 0 bridgehead atoms. The van der Waals surface area contributed by atoms with Gasteiger partial charge in [-0.2, -0.15) is 4.98 Å². The Kier molecular flexibility index (Phi) is 4.98. The van der Waals surface area contributed by atoms with Crippen molar-refractivity contribution in [1.29, 1.82) is 0 Å². The van der Waals surface area contributed by atoms with E-state index in [2.05, 4.69) is 9.97 Å². The van der Waals surface area contributed by atoms with Crippen LogP contribution >= 0.6 is 0 Å². The molecule has 174 valence electrons. The van der Waals surface area contributed by atoms with Crippen LogP contribution in [0.25, 0.3) is 0 Å². The van der Waals surface area contributed by atoms with Gasteiger partial charge in [0.2, 0.25) is 5.95 Å². The van der Waals surface area contributed by atoms with Gasteiger partial charge in [-0.15, -0.1) is 0 Å². The van der Waals surface area contributed by atoms with Crippen LogP contribution in [0.1, 0.15) is 40.7 Å². The molecule has 0 aliphatic carbocycles. The molecule has 2 N–H and O–H groups in total. The van der Waals surface area contributed by atoms with Crippen molar-refractivity contribution in [3.05, 3.63) is 45.0 Å². The summed E-state index contributed by atoms with van der Waals surface area (Å²) in [6, 6.07) is 2.40. The number of aliphatic carboxylic acids is 1. The van der Waals surface area contributed by atoms with Crippen LogP contribution in [-0.2, 0) is 21.6 Å². The third-order valence-corrected chi connectivity index (χ3v) is 6.52. The van der Waals surface area contributed by atoms with Gasteiger partial charge < -0.3 is 24.4 Å². The minimum atomic E-state index is -1.21. The quantitative estimate of drug-likeness (QED) is 0.655. The van der Waals surface area contributed by atoms with Crippen LogP contribution in [0.4, 0.5) is 16.2 Å². The number of carbonyl (C=O) groups is 2. The van der Waals surface area contributed by atoms with Gasteiger partial charge in [0.15, 0.2) is 6.61 Å². The molecular weight excluding hydrogens is 435 g/mol. The number of hydrogen-bond donors (Lipinski definition) is 2. The van der Waals surface area contributed by atoms with E-state index in [1.165, 1.54) is 6.07 Å². The third-order valence-electron chi connectivity index (χ3n) is 6.52. The SMILES string of the molecule is CN1CCCc2c1nc(N1CCC3(CC1)OC(=O)c1cc(OCC(=O)O)cc(F)c13)[nH]c2=O. The second kappa shape index (κ2) is 7.75. The van der Waals surface area contributed by atoms with Gasteiger partial charge in [-0.25, -0.2) is 14.0 Å². The maximum atomic E-state index is 15.0. The second-order valence-corrected chi connectivity index (χ2v) is 8.60. The number of benzene rings is 1. The third kappa shape index (κ3) is 3.57. The topological polar surface area (TPSA) is 125 Å². The summed E-state index contributed by atoms with van der Waals surface area (Å²) < 4.78 is 25.7. The first kappa shape index (κ1) is 21.2. The highest BCUT2D eigenvalue weighted by Gasteiger charge is 2.50. The van der Waals surface area contributed by atoms with Gasteiger partial charge in [-0.1, -0.05) is 0 Å². The predicted molar refractivity (Wildman–Crippen MR) is 115 cm³/mol. The number of aromatic nitrogens is 2. The summed E-state index contributed by atoms with van der Waals surface area (Å²) in [5, 5.41) is 8.76. The van der Waals surface area contributed by atoms with Crippen molar-refractivity contribution in [1.82, 2.24) is 9.97 Å². The van der Waals surface area contributed by atoms with Crippen molar-refractivity contribution in [2.75, 3.05) is 43.1 Å². The lowest BCUT2D eigenvalue weighted by Crippen LogP contribution is -2.44. The van der Waals surface area contributed by atoms with Crippen molar-refractivity contribution in [3.8, 4) is 5.75 Å². The predicted octanol–water partition coefficient (Wildman–Crippen LogP) is 1.42. The number of esters is 1. The molecule has 0 radical (unpaired) electrons. The summed E-state index contributed by atoms with van der Waals surface area (Å²) >= 11 is 0. The van der Waals surface area contributed by atoms with Gasteiger partial charge >= 0.3 is 11.9 Å². The van der Waals surface area contributed by atoms with Crippen molar-refractivity contribution < 1.29 is 28.6 Å². The van der Waals surface area contributed by atoms with E-state index in [4.69, 9.17) is 14.6 Å². The summed E-state index contributed by atoms with van der Waals surface area (Å²) in [4.78, 5) is 47.2. The zero-order valence-corrected chi connectivity index (χ0v) is 18.0. The van der Waals surface area contributed by atoms with Gasteiger partial charge in [-0.3, -0.25) is 9.78 Å². The maximum absolute atomic E-state index is 15.0. The molecule has 33 heavy (non-hydrogen) atoms. The molecule has 1 aromatic carbocycles. The number of carbonyl (C=O) groups excluding carboxylic acids is 1. The fourth-order valence-electron chi connectivity index (χ4n) is 4.91. The van der Waals surface area contributed by atoms with E-state index >= 15 is 4.39 Å². The zero-order chi connectivity index (χ0) is 23.3. The number of nitrogens with zero attached hydrogens (tertiary/aromatic N) is 3. The van der Waals surface area contributed by atoms with E-state index < -0.39 is 30.0 Å². The largest absolute Gasteiger partial charge is 0.482 e. The summed E-state index contributed by atoms with van der Waals surface area (Å²) in [5.74, 6) is -1.46. The highest BCUT2D eigenvalue weighted by Crippen LogP contribution is 2.46. The molecule has 0 saturated carbocycles. The van der Waals surface area contributed by atoms with Crippen LogP contribution in [-0.4, -0.2) is 60.3 Å². The van der Waals surface area contributed by atoms with E-state index in [1.54, 1.807) is 0 Å². The van der Waals surface area contributed by atoms with Crippen molar-refractivity contribution >= 4 is 23.7 Å². The van der Waals surface area contributed by atoms with Crippen molar-refractivity contribution in [3.63, 3.8) is 0 Å². The Morgan fingerprint density at radius 1 is 1.30 bits per heavy atom. The Balaban J connectivity index is 1.39. The first-order valence-corrected chi connectivity index (χ1v) is 10.8. The highest BCUT2D eigenvalue weighted by molar-refractivity contribution is 5.95. The van der Waals surface area contributed by atoms with Crippen LogP contribution < -0.4 is 20.1 Å². The molecule has 3 aliphatic rings. The summed E-state index contributed by atoms with van der Waals surface area (Å²) in [7, 11) is 1.91. The Morgan fingerprint density at radius 2 is 2.06 bits per heavy atom. The summed E-state index contributed by atoms with van der Waals surface area (Å²) in [5.41, 5.74) is -0.377. The molecule has 0 atom stereocenters. The standard InChI is InChI=1S/C22H23FN4O6/c1-26-6-2-3-13-18(26)24-21(25-19(13)30)27-7-4-22(5-8-27)17-14(20(31)33-22)9-12(10-15(17)23)32-11-16(28)29/h9-10H,2-8,11H2,1H3,(H,28,29)(H,24,25,30). The van der Waals surface area contributed by atoms with Crippen molar-refractivity contribution in [2.24, 2.45) is 0 Å². The van der Waals surface area contributed by atoms with E-state index in [0.717, 1.165) is 19.0 Å². The minimum Gasteiger partial charge on any atom is -0.482 e. The van der Waals surface area contributed by atoms with Crippen LogP contribution in [0.3, 0.4) is 0 Å². The Bertz CT molecular complexity index is 1200. The molecule has 1 aromatic heterocycles. The van der Waals surface area contributed by atoms with E-state index in [1.807, 2.05) is 16.8 Å². The van der Waals surface area contributed by atoms with Crippen LogP contribution in [0.2, 0.25) is 0 Å². The summed E-state index contributed by atoms with van der Waals surface area (Å²) in [6.45, 7) is 0.981. The van der Waals surface area contributed by atoms with Crippen LogP contribution in [0.5, 0.6) is 5.75 Å². The number of carboxylic acid groups (broad SMARTS) is 1. The average molecular weight is 458 g/mol. The number of H-pyrrole nitrogens is 1. The van der Waals surface area contributed by atoms with Crippen LogP contribution in [0, 0.1) is 5.82 Å². The number of aromatic amines is 1. The molecule has 1 saturated heterocycles. The molecule has 4 heterocycles. The number of anilines is 2. The molecule has 1 fully saturated rings. The molecule has 3 aliphatic heterocycles. The number of hydrogen-bond acceptors (Lipinski definition) is 8. The molecule has 11 heteroatoms. The van der Waals surface area contributed by atoms with E-state index in [-0.39, 0.29) is 22.4 Å². The Labute approximate surface area is 187 Å². The van der Waals surface area contributed by atoms with Gasteiger partial charge in [0.05, 0.1) is 11.1 Å². The smallest absolute Gasteiger partial charge is 0.341 e. The van der Waals surface area contributed by atoms with Crippen LogP contribution in [0.15, 0.2) is 16.9 Å². The first-order chi connectivity index (χ1) is 15.8. The lowest BCUT2D eigenvalue weighted by atomic mass is 9.83. The fraction of sp³-hybridized carbons (Fsp3) is 0.455. The number of carboxylic acids is 1. The van der Waals surface area contributed by atoms with Gasteiger partial charge in [0.25, 0.3) is 5.56 Å². The van der Waals surface area contributed by atoms with E-state index in [0.29, 0.717) is 49.7 Å². The molecule has 0 amide bonds. The fourth-order valence-corrected chi connectivity index (χ4v) is 4.91. The van der Waals surface area contributed by atoms with Gasteiger partial charge in [0.1, 0.15) is 23.0 Å². The first-order valence-electron chi connectivity index (χ1n) is 10.8. The molecule has 1 spiro atoms. The number of ether oxygens (including phenoxy) is 2. The van der Waals surface area contributed by atoms with E-state index in [9.17, 15) is 14.4 Å². The van der Waals surface area contributed by atoms with Gasteiger partial charge in [-0.05, 0) is 18.9 Å². The minimum absolute atomic E-state index is 0.0416. The molecule has 5 rings (SSSR count). The average Bonchev–Trinajstić information content (AvgIpc) is 3.05. The number of piperidine rings is 1. The molecular formula is C22H23FN4O6. The Hall–Kier alpha value is -3.63. The number of rotatable bonds is 4. The summed E-state index contributed by atoms with van der Waals surface area (Å²) in [6.07, 6.45) is 2.22. The zero-order valence-electron chi connectivity index (χ0n) is 18.0. The van der Waals surface area contributed by atoms with Gasteiger partial charge in [0, 0.05) is 51.2 Å². The molecule has 2 aromatic rings. The lowest BCUT2D eigenvalue weighted by molar-refractivity contribution is -0.139. The second-order valence-electron chi connectivity index (χ2n) is 8.60. The number of fused-ring (bicyclic) bond motifs is 3. The highest BCUT2D eigenvalue weighted by atomic mass is 19.1. The molecule has 0 unspecified atom stereocenters. The molecule has 10 nitrogen and oxygen atoms in total. The Morgan fingerprint density at radius 3 is 2.79 bits per heavy atom. The van der Waals surface area contributed by atoms with Crippen molar-refractivity contribution in [2.45, 2.75) is 31.3 Å². The normalized spacial score (nSPS) is 18.7. The monoisotopic (exact) mass is 458 g/mol.